The van der Waals surface area contributed by atoms with Gasteiger partial charge in [-0.3, -0.25) is 4.98 Å². The number of pyridine rings is 1. The Kier molecular flexibility index (Phi) is 2.09. The summed E-state index contributed by atoms with van der Waals surface area (Å²) in [6.07, 6.45) is 3.17. The average Bonchev–Trinajstić information content (AvgIpc) is 2.81. The Hall–Kier alpha value is -0.890. The molecule has 0 aliphatic heterocycles. The molecule has 2 rings (SSSR count). The largest absolute Gasteiger partial charge is 0.308 e. The van der Waals surface area contributed by atoms with Gasteiger partial charge in [0.05, 0.1) is 5.69 Å². The number of nitrogens with zero attached hydrogens (tertiary/aromatic N) is 1. The van der Waals surface area contributed by atoms with E-state index in [2.05, 4.69) is 23.3 Å². The van der Waals surface area contributed by atoms with E-state index >= 15 is 0 Å². The standard InChI is InChI=1S/C10H14N2/c1-8-6-10(8)12-7-9-4-2-3-5-11-9/h2-5,8,10,12H,6-7H2,1H3/t8-,10?/m1/s1. The number of hydrogen-bond donors (Lipinski definition) is 1. The van der Waals surface area contributed by atoms with Crippen LogP contribution in [-0.4, -0.2) is 11.0 Å². The molecule has 0 aromatic carbocycles. The molecular weight excluding hydrogens is 148 g/mol. The molecule has 12 heavy (non-hydrogen) atoms. The monoisotopic (exact) mass is 162 g/mol. The summed E-state index contributed by atoms with van der Waals surface area (Å²) in [5, 5.41) is 3.46. The molecule has 0 bridgehead atoms. The van der Waals surface area contributed by atoms with Crippen molar-refractivity contribution in [2.45, 2.75) is 25.9 Å². The zero-order valence-electron chi connectivity index (χ0n) is 7.33. The lowest BCUT2D eigenvalue weighted by molar-refractivity contribution is 0.642. The fourth-order valence-electron chi connectivity index (χ4n) is 1.34. The summed E-state index contributed by atoms with van der Waals surface area (Å²) in [5.74, 6) is 0.869. The second kappa shape index (κ2) is 3.23. The van der Waals surface area contributed by atoms with Gasteiger partial charge >= 0.3 is 0 Å². The number of hydrogen-bond acceptors (Lipinski definition) is 2. The smallest absolute Gasteiger partial charge is 0.0541 e. The summed E-state index contributed by atoms with van der Waals surface area (Å²) >= 11 is 0. The highest BCUT2D eigenvalue weighted by molar-refractivity contribution is 5.04. The van der Waals surface area contributed by atoms with Crippen molar-refractivity contribution in [1.82, 2.24) is 10.3 Å². The van der Waals surface area contributed by atoms with E-state index in [0.717, 1.165) is 24.2 Å². The van der Waals surface area contributed by atoms with Crippen LogP contribution in [0.2, 0.25) is 0 Å². The van der Waals surface area contributed by atoms with Crippen LogP contribution in [0.5, 0.6) is 0 Å². The highest BCUT2D eigenvalue weighted by atomic mass is 15.0. The lowest BCUT2D eigenvalue weighted by Gasteiger charge is -2.01. The topological polar surface area (TPSA) is 24.9 Å². The summed E-state index contributed by atoms with van der Waals surface area (Å²) < 4.78 is 0. The highest BCUT2D eigenvalue weighted by Gasteiger charge is 2.31. The van der Waals surface area contributed by atoms with Gasteiger partial charge in [-0.05, 0) is 24.5 Å². The minimum atomic E-state index is 0.743. The van der Waals surface area contributed by atoms with E-state index in [-0.39, 0.29) is 0 Å². The Morgan fingerprint density at radius 3 is 3.00 bits per heavy atom. The van der Waals surface area contributed by atoms with Crippen LogP contribution in [-0.2, 0) is 6.54 Å². The Morgan fingerprint density at radius 1 is 1.58 bits per heavy atom. The highest BCUT2D eigenvalue weighted by Crippen LogP contribution is 2.28. The zero-order chi connectivity index (χ0) is 8.39. The first-order valence-electron chi connectivity index (χ1n) is 4.49. The van der Waals surface area contributed by atoms with E-state index < -0.39 is 0 Å². The maximum atomic E-state index is 4.24. The van der Waals surface area contributed by atoms with Crippen molar-refractivity contribution in [3.05, 3.63) is 30.1 Å². The Morgan fingerprint density at radius 2 is 2.42 bits per heavy atom. The normalized spacial score (nSPS) is 27.1. The molecule has 2 atom stereocenters. The molecular formula is C10H14N2. The number of aromatic nitrogens is 1. The van der Waals surface area contributed by atoms with Gasteiger partial charge in [-0.15, -0.1) is 0 Å². The molecule has 0 amide bonds. The van der Waals surface area contributed by atoms with Crippen molar-refractivity contribution in [1.29, 1.82) is 0 Å². The minimum Gasteiger partial charge on any atom is -0.308 e. The molecule has 2 heteroatoms. The summed E-state index contributed by atoms with van der Waals surface area (Å²) in [5.41, 5.74) is 1.14. The van der Waals surface area contributed by atoms with Crippen molar-refractivity contribution in [3.8, 4) is 0 Å². The van der Waals surface area contributed by atoms with E-state index in [1.165, 1.54) is 6.42 Å². The van der Waals surface area contributed by atoms with Crippen molar-refractivity contribution < 1.29 is 0 Å². The van der Waals surface area contributed by atoms with Crippen molar-refractivity contribution in [2.24, 2.45) is 5.92 Å². The lowest BCUT2D eigenvalue weighted by Crippen LogP contribution is -2.17. The van der Waals surface area contributed by atoms with Gasteiger partial charge in [-0.1, -0.05) is 13.0 Å². The summed E-state index contributed by atoms with van der Waals surface area (Å²) in [6, 6.07) is 6.77. The van der Waals surface area contributed by atoms with Gasteiger partial charge in [-0.2, -0.15) is 0 Å². The molecule has 1 aromatic heterocycles. The average molecular weight is 162 g/mol. The van der Waals surface area contributed by atoms with Crippen LogP contribution in [0.15, 0.2) is 24.4 Å². The molecule has 0 saturated heterocycles. The number of rotatable bonds is 3. The third kappa shape index (κ3) is 1.83. The molecule has 0 radical (unpaired) electrons. The van der Waals surface area contributed by atoms with Crippen LogP contribution < -0.4 is 5.32 Å². The van der Waals surface area contributed by atoms with Crippen LogP contribution in [0.1, 0.15) is 19.0 Å². The Bertz CT molecular complexity index is 245. The predicted molar refractivity (Wildman–Crippen MR) is 48.6 cm³/mol. The van der Waals surface area contributed by atoms with Crippen molar-refractivity contribution in [3.63, 3.8) is 0 Å². The fraction of sp³-hybridized carbons (Fsp3) is 0.500. The Labute approximate surface area is 73.0 Å². The van der Waals surface area contributed by atoms with Gasteiger partial charge in [0.15, 0.2) is 0 Å². The summed E-state index contributed by atoms with van der Waals surface area (Å²) in [4.78, 5) is 4.24. The number of nitrogens with one attached hydrogen (secondary N) is 1. The summed E-state index contributed by atoms with van der Waals surface area (Å²) in [6.45, 7) is 3.19. The Balaban J connectivity index is 1.80. The molecule has 2 nitrogen and oxygen atoms in total. The van der Waals surface area contributed by atoms with E-state index in [0.29, 0.717) is 0 Å². The molecule has 1 aliphatic carbocycles. The SMILES string of the molecule is C[C@@H]1CC1NCc1ccccn1. The van der Waals surface area contributed by atoms with Crippen LogP contribution >= 0.6 is 0 Å². The predicted octanol–water partition coefficient (Wildman–Crippen LogP) is 1.58. The van der Waals surface area contributed by atoms with Crippen LogP contribution in [0.3, 0.4) is 0 Å². The second-order valence-electron chi connectivity index (χ2n) is 3.52. The maximum Gasteiger partial charge on any atom is 0.0541 e. The van der Waals surface area contributed by atoms with E-state index in [4.69, 9.17) is 0 Å². The van der Waals surface area contributed by atoms with Crippen LogP contribution in [0, 0.1) is 5.92 Å². The first-order chi connectivity index (χ1) is 5.86. The second-order valence-corrected chi connectivity index (χ2v) is 3.52. The van der Waals surface area contributed by atoms with Gasteiger partial charge in [0.25, 0.3) is 0 Å². The van der Waals surface area contributed by atoms with Crippen molar-refractivity contribution in [2.75, 3.05) is 0 Å². The van der Waals surface area contributed by atoms with Gasteiger partial charge in [0.1, 0.15) is 0 Å². The first-order valence-corrected chi connectivity index (χ1v) is 4.49. The third-order valence-electron chi connectivity index (χ3n) is 2.38. The van der Waals surface area contributed by atoms with E-state index in [1.807, 2.05) is 18.3 Å². The molecule has 1 saturated carbocycles. The first kappa shape index (κ1) is 7.74. The third-order valence-corrected chi connectivity index (χ3v) is 2.38. The molecule has 1 aromatic rings. The fourth-order valence-corrected chi connectivity index (χ4v) is 1.34. The molecule has 1 heterocycles. The van der Waals surface area contributed by atoms with E-state index in [1.54, 1.807) is 0 Å². The molecule has 0 spiro atoms. The van der Waals surface area contributed by atoms with Gasteiger partial charge < -0.3 is 5.32 Å². The zero-order valence-corrected chi connectivity index (χ0v) is 7.33. The summed E-state index contributed by atoms with van der Waals surface area (Å²) in [7, 11) is 0. The van der Waals surface area contributed by atoms with Gasteiger partial charge in [0.2, 0.25) is 0 Å². The van der Waals surface area contributed by atoms with Gasteiger partial charge in [0, 0.05) is 18.8 Å². The maximum absolute atomic E-state index is 4.24. The minimum absolute atomic E-state index is 0.743. The van der Waals surface area contributed by atoms with Crippen LogP contribution in [0.25, 0.3) is 0 Å². The quantitative estimate of drug-likeness (QED) is 0.730. The molecule has 64 valence electrons. The molecule has 1 N–H and O–H groups in total. The van der Waals surface area contributed by atoms with Gasteiger partial charge in [-0.25, -0.2) is 0 Å². The molecule has 1 unspecified atom stereocenters. The molecule has 1 aliphatic rings. The van der Waals surface area contributed by atoms with E-state index in [9.17, 15) is 0 Å². The van der Waals surface area contributed by atoms with Crippen LogP contribution in [0.4, 0.5) is 0 Å². The van der Waals surface area contributed by atoms with Crippen molar-refractivity contribution >= 4 is 0 Å². The lowest BCUT2D eigenvalue weighted by atomic mass is 10.3. The molecule has 1 fully saturated rings.